The second-order valence-electron chi connectivity index (χ2n) is 4.64. The summed E-state index contributed by atoms with van der Waals surface area (Å²) in [6.45, 7) is 2.09. The van der Waals surface area contributed by atoms with Gasteiger partial charge in [0.25, 0.3) is 0 Å². The summed E-state index contributed by atoms with van der Waals surface area (Å²) in [6, 6.07) is 9.98. The summed E-state index contributed by atoms with van der Waals surface area (Å²) in [6.07, 6.45) is 5.76. The molecule has 0 aromatic carbocycles. The molecule has 3 N–H and O–H groups in total. The molecular formula is C15H18N6. The van der Waals surface area contributed by atoms with Crippen LogP contribution in [0.25, 0.3) is 0 Å². The Morgan fingerprint density at radius 1 is 1.24 bits per heavy atom. The predicted octanol–water partition coefficient (Wildman–Crippen LogP) is 1.68. The number of nitrogens with two attached hydrogens (primary N) is 1. The van der Waals surface area contributed by atoms with Gasteiger partial charge < -0.3 is 5.43 Å². The van der Waals surface area contributed by atoms with Gasteiger partial charge in [-0.3, -0.25) is 9.88 Å². The van der Waals surface area contributed by atoms with Crippen molar-refractivity contribution in [2.45, 2.75) is 19.5 Å². The lowest BCUT2D eigenvalue weighted by Gasteiger charge is -2.22. The van der Waals surface area contributed by atoms with E-state index in [-0.39, 0.29) is 0 Å². The zero-order valence-electron chi connectivity index (χ0n) is 11.7. The van der Waals surface area contributed by atoms with Crippen LogP contribution in [0.15, 0.2) is 42.9 Å². The van der Waals surface area contributed by atoms with Crippen molar-refractivity contribution in [2.75, 3.05) is 12.0 Å². The van der Waals surface area contributed by atoms with Gasteiger partial charge in [0.15, 0.2) is 0 Å². The number of nitriles is 1. The van der Waals surface area contributed by atoms with E-state index < -0.39 is 0 Å². The highest BCUT2D eigenvalue weighted by molar-refractivity contribution is 5.42. The van der Waals surface area contributed by atoms with Gasteiger partial charge in [-0.05, 0) is 17.7 Å². The van der Waals surface area contributed by atoms with Crippen molar-refractivity contribution in [3.63, 3.8) is 0 Å². The highest BCUT2D eigenvalue weighted by Crippen LogP contribution is 2.15. The van der Waals surface area contributed by atoms with E-state index in [2.05, 4.69) is 26.4 Å². The molecule has 2 aromatic heterocycles. The summed E-state index contributed by atoms with van der Waals surface area (Å²) < 4.78 is 0. The number of hydrogen-bond donors (Lipinski definition) is 2. The average molecular weight is 282 g/mol. The molecule has 0 aliphatic rings. The maximum Gasteiger partial charge on any atom is 0.144 e. The molecule has 0 aliphatic carbocycles. The number of pyridine rings is 2. The van der Waals surface area contributed by atoms with Gasteiger partial charge in [0.2, 0.25) is 0 Å². The molecule has 0 unspecified atom stereocenters. The minimum atomic E-state index is 0.478. The molecule has 6 heteroatoms. The number of rotatable bonds is 7. The maximum atomic E-state index is 8.81. The Hall–Kier alpha value is -2.49. The first-order valence-electron chi connectivity index (χ1n) is 6.72. The van der Waals surface area contributed by atoms with E-state index in [1.165, 1.54) is 0 Å². The Bertz CT molecular complexity index is 593. The van der Waals surface area contributed by atoms with E-state index >= 15 is 0 Å². The Morgan fingerprint density at radius 3 is 2.81 bits per heavy atom. The van der Waals surface area contributed by atoms with Crippen LogP contribution in [0.1, 0.15) is 17.5 Å². The molecule has 108 valence electrons. The van der Waals surface area contributed by atoms with Crippen LogP contribution in [0.2, 0.25) is 0 Å². The quantitative estimate of drug-likeness (QED) is 0.593. The number of nitrogen functional groups attached to an aromatic ring is 1. The van der Waals surface area contributed by atoms with E-state index in [1.807, 2.05) is 30.5 Å². The van der Waals surface area contributed by atoms with Gasteiger partial charge in [-0.25, -0.2) is 10.8 Å². The van der Waals surface area contributed by atoms with Crippen molar-refractivity contribution in [2.24, 2.45) is 5.84 Å². The van der Waals surface area contributed by atoms with Gasteiger partial charge in [-0.1, -0.05) is 12.1 Å². The number of nitrogens with one attached hydrogen (secondary N) is 1. The summed E-state index contributed by atoms with van der Waals surface area (Å²) in [5.41, 5.74) is 4.72. The van der Waals surface area contributed by atoms with Crippen molar-refractivity contribution in [1.29, 1.82) is 5.26 Å². The highest BCUT2D eigenvalue weighted by Gasteiger charge is 2.10. The monoisotopic (exact) mass is 282 g/mol. The van der Waals surface area contributed by atoms with Gasteiger partial charge in [0.1, 0.15) is 5.82 Å². The minimum absolute atomic E-state index is 0.478. The minimum Gasteiger partial charge on any atom is -0.308 e. The topological polar surface area (TPSA) is 90.9 Å². The molecule has 2 rings (SSSR count). The van der Waals surface area contributed by atoms with Crippen molar-refractivity contribution >= 4 is 5.82 Å². The van der Waals surface area contributed by atoms with E-state index in [1.54, 1.807) is 12.4 Å². The average Bonchev–Trinajstić information content (AvgIpc) is 2.54. The first-order valence-corrected chi connectivity index (χ1v) is 6.72. The molecule has 0 saturated carbocycles. The molecule has 21 heavy (non-hydrogen) atoms. The first kappa shape index (κ1) is 14.9. The number of aromatic nitrogens is 2. The fourth-order valence-corrected chi connectivity index (χ4v) is 2.11. The molecule has 0 saturated heterocycles. The van der Waals surface area contributed by atoms with Crippen molar-refractivity contribution in [3.8, 4) is 6.07 Å². The van der Waals surface area contributed by atoms with Crippen LogP contribution < -0.4 is 11.3 Å². The number of nitrogens with zero attached hydrogens (tertiary/aromatic N) is 4. The van der Waals surface area contributed by atoms with Crippen LogP contribution in [0.5, 0.6) is 0 Å². The first-order chi connectivity index (χ1) is 10.3. The molecular weight excluding hydrogens is 264 g/mol. The van der Waals surface area contributed by atoms with Crippen molar-refractivity contribution in [3.05, 3.63) is 54.0 Å². The Morgan fingerprint density at radius 2 is 2.10 bits per heavy atom. The smallest absolute Gasteiger partial charge is 0.144 e. The summed E-state index contributed by atoms with van der Waals surface area (Å²) in [7, 11) is 0. The third-order valence-electron chi connectivity index (χ3n) is 3.09. The number of hydrogen-bond acceptors (Lipinski definition) is 6. The van der Waals surface area contributed by atoms with E-state index in [0.29, 0.717) is 25.3 Å². The second kappa shape index (κ2) is 7.94. The molecule has 2 heterocycles. The molecule has 6 nitrogen and oxygen atoms in total. The number of hydrazine groups is 1. The summed E-state index contributed by atoms with van der Waals surface area (Å²) in [4.78, 5) is 10.5. The largest absolute Gasteiger partial charge is 0.308 e. The van der Waals surface area contributed by atoms with Crippen LogP contribution in [0.4, 0.5) is 5.82 Å². The summed E-state index contributed by atoms with van der Waals surface area (Å²) in [5.74, 6) is 6.14. The zero-order valence-corrected chi connectivity index (χ0v) is 11.7. The van der Waals surface area contributed by atoms with Crippen LogP contribution in [-0.4, -0.2) is 21.4 Å². The van der Waals surface area contributed by atoms with Crippen molar-refractivity contribution in [1.82, 2.24) is 14.9 Å². The third-order valence-corrected chi connectivity index (χ3v) is 3.09. The lowest BCUT2D eigenvalue weighted by atomic mass is 10.2. The number of anilines is 1. The van der Waals surface area contributed by atoms with Gasteiger partial charge in [0, 0.05) is 50.2 Å². The fourth-order valence-electron chi connectivity index (χ4n) is 2.11. The second-order valence-corrected chi connectivity index (χ2v) is 4.64. The molecule has 0 spiro atoms. The van der Waals surface area contributed by atoms with Crippen molar-refractivity contribution < 1.29 is 0 Å². The Balaban J connectivity index is 2.11. The van der Waals surface area contributed by atoms with Gasteiger partial charge in [-0.15, -0.1) is 0 Å². The highest BCUT2D eigenvalue weighted by atomic mass is 15.3. The molecule has 0 fully saturated rings. The lowest BCUT2D eigenvalue weighted by Crippen LogP contribution is -2.25. The normalized spacial score (nSPS) is 10.3. The van der Waals surface area contributed by atoms with Crippen LogP contribution in [0.3, 0.4) is 0 Å². The predicted molar refractivity (Wildman–Crippen MR) is 80.6 cm³/mol. The molecule has 0 amide bonds. The molecule has 2 aromatic rings. The van der Waals surface area contributed by atoms with E-state index in [4.69, 9.17) is 11.1 Å². The van der Waals surface area contributed by atoms with Crippen LogP contribution in [0, 0.1) is 11.3 Å². The van der Waals surface area contributed by atoms with Crippen LogP contribution >= 0.6 is 0 Å². The Labute approximate surface area is 124 Å². The maximum absolute atomic E-state index is 8.81. The fraction of sp³-hybridized carbons (Fsp3) is 0.267. The SMILES string of the molecule is N#CCCN(Cc1cccnc1)Cc1cccnc1NN. The zero-order chi connectivity index (χ0) is 14.9. The van der Waals surface area contributed by atoms with E-state index in [9.17, 15) is 0 Å². The molecule has 0 atom stereocenters. The standard InChI is InChI=1S/C15H18N6/c16-6-3-9-21(11-13-4-1-7-18-10-13)12-14-5-2-8-19-15(14)20-17/h1-2,4-5,7-8,10H,3,9,11-12,17H2,(H,19,20). The van der Waals surface area contributed by atoms with E-state index in [0.717, 1.165) is 17.7 Å². The summed E-state index contributed by atoms with van der Waals surface area (Å²) >= 11 is 0. The van der Waals surface area contributed by atoms with Crippen LogP contribution in [-0.2, 0) is 13.1 Å². The summed E-state index contributed by atoms with van der Waals surface area (Å²) in [5, 5.41) is 8.81. The molecule has 0 radical (unpaired) electrons. The Kier molecular flexibility index (Phi) is 5.64. The molecule has 0 aliphatic heterocycles. The van der Waals surface area contributed by atoms with Gasteiger partial charge in [0.05, 0.1) is 6.07 Å². The molecule has 0 bridgehead atoms. The van der Waals surface area contributed by atoms with Gasteiger partial charge in [-0.2, -0.15) is 5.26 Å². The lowest BCUT2D eigenvalue weighted by molar-refractivity contribution is 0.263. The van der Waals surface area contributed by atoms with Gasteiger partial charge >= 0.3 is 0 Å². The third kappa shape index (κ3) is 4.53.